The van der Waals surface area contributed by atoms with Crippen molar-refractivity contribution in [1.29, 1.82) is 0 Å². The molecule has 0 saturated carbocycles. The third kappa shape index (κ3) is 6.08. The van der Waals surface area contributed by atoms with Gasteiger partial charge >= 0.3 is 0 Å². The average molecular weight is 548 g/mol. The maximum absolute atomic E-state index is 13.2. The molecule has 2 heterocycles. The van der Waals surface area contributed by atoms with Gasteiger partial charge in [0.05, 0.1) is 23.5 Å². The predicted octanol–water partition coefficient (Wildman–Crippen LogP) is 5.47. The number of aryl methyl sites for hydroxylation is 1. The van der Waals surface area contributed by atoms with Crippen molar-refractivity contribution in [1.82, 2.24) is 20.5 Å². The number of aromatic nitrogens is 3. The van der Waals surface area contributed by atoms with Gasteiger partial charge in [-0.2, -0.15) is 0 Å². The Labute approximate surface area is 229 Å². The van der Waals surface area contributed by atoms with E-state index in [1.54, 1.807) is 0 Å². The summed E-state index contributed by atoms with van der Waals surface area (Å²) in [6.45, 7) is 2.91. The van der Waals surface area contributed by atoms with Crippen molar-refractivity contribution in [2.75, 3.05) is 17.7 Å². The Morgan fingerprint density at radius 2 is 1.87 bits per heavy atom. The zero-order valence-electron chi connectivity index (χ0n) is 21.1. The van der Waals surface area contributed by atoms with E-state index in [1.165, 1.54) is 28.0 Å². The Balaban J connectivity index is 1.25. The summed E-state index contributed by atoms with van der Waals surface area (Å²) in [7, 11) is 0. The van der Waals surface area contributed by atoms with Gasteiger partial charge < -0.3 is 15.4 Å². The van der Waals surface area contributed by atoms with Crippen LogP contribution in [0.15, 0.2) is 59.8 Å². The fourth-order valence-electron chi connectivity index (χ4n) is 4.43. The van der Waals surface area contributed by atoms with Gasteiger partial charge in [0.2, 0.25) is 11.1 Å². The molecule has 10 heteroatoms. The molecule has 38 heavy (non-hydrogen) atoms. The van der Waals surface area contributed by atoms with Crippen LogP contribution in [0.5, 0.6) is 5.75 Å². The lowest BCUT2D eigenvalue weighted by Crippen LogP contribution is -2.25. The van der Waals surface area contributed by atoms with Crippen LogP contribution in [0.1, 0.15) is 46.1 Å². The average Bonchev–Trinajstić information content (AvgIpc) is 3.56. The first kappa shape index (κ1) is 26.0. The van der Waals surface area contributed by atoms with Crippen molar-refractivity contribution in [3.8, 4) is 17.1 Å². The monoisotopic (exact) mass is 547 g/mol. The fraction of sp³-hybridized carbons (Fsp3) is 0.286. The van der Waals surface area contributed by atoms with Crippen molar-refractivity contribution in [3.05, 3.63) is 76.2 Å². The first-order chi connectivity index (χ1) is 18.6. The number of fused-ring (bicyclic) bond motifs is 1. The molecule has 8 nitrogen and oxygen atoms in total. The Morgan fingerprint density at radius 3 is 2.71 bits per heavy atom. The van der Waals surface area contributed by atoms with Gasteiger partial charge in [-0.1, -0.05) is 54.2 Å². The van der Waals surface area contributed by atoms with Gasteiger partial charge in [0.15, 0.2) is 5.82 Å². The summed E-state index contributed by atoms with van der Waals surface area (Å²) in [4.78, 5) is 31.9. The number of hydrogen-bond donors (Lipinski definition) is 3. The molecular formula is C28H29N5O3S2. The molecule has 1 aliphatic rings. The van der Waals surface area contributed by atoms with Gasteiger partial charge in [-0.05, 0) is 55.9 Å². The number of carbonyl (C=O) groups excluding carboxylic acids is 2. The topological polar surface area (TPSA) is 109 Å². The number of hydrogen-bond acceptors (Lipinski definition) is 7. The summed E-state index contributed by atoms with van der Waals surface area (Å²) in [6.07, 6.45) is 3.94. The van der Waals surface area contributed by atoms with Gasteiger partial charge in [-0.25, -0.2) is 4.98 Å². The number of H-pyrrole nitrogens is 1. The van der Waals surface area contributed by atoms with Crippen LogP contribution in [0.25, 0.3) is 11.4 Å². The number of amides is 2. The molecule has 0 bridgehead atoms. The molecule has 0 fully saturated rings. The second kappa shape index (κ2) is 12.3. The minimum absolute atomic E-state index is 0.123. The number of ether oxygens (including phenoxy) is 1. The summed E-state index contributed by atoms with van der Waals surface area (Å²) in [5.74, 6) is 1.08. The molecule has 0 saturated heterocycles. The molecule has 2 aromatic heterocycles. The lowest BCUT2D eigenvalue weighted by molar-refractivity contribution is -0.113. The maximum atomic E-state index is 13.2. The summed E-state index contributed by atoms with van der Waals surface area (Å²) in [5, 5.41) is 14.3. The van der Waals surface area contributed by atoms with E-state index in [1.807, 2.05) is 61.5 Å². The number of carbonyl (C=O) groups is 2. The largest absolute Gasteiger partial charge is 0.493 e. The van der Waals surface area contributed by atoms with Crippen molar-refractivity contribution in [3.63, 3.8) is 0 Å². The van der Waals surface area contributed by atoms with Crippen LogP contribution in [0.4, 0.5) is 5.00 Å². The second-order valence-electron chi connectivity index (χ2n) is 8.82. The summed E-state index contributed by atoms with van der Waals surface area (Å²) < 4.78 is 5.68. The quantitative estimate of drug-likeness (QED) is 0.227. The molecule has 4 aromatic rings. The van der Waals surface area contributed by atoms with Crippen LogP contribution in [0.3, 0.4) is 0 Å². The Morgan fingerprint density at radius 1 is 1.08 bits per heavy atom. The molecule has 5 rings (SSSR count). The minimum atomic E-state index is -0.202. The van der Waals surface area contributed by atoms with Crippen molar-refractivity contribution in [2.45, 2.75) is 44.3 Å². The molecule has 3 N–H and O–H groups in total. The fourth-order valence-corrected chi connectivity index (χ4v) is 6.33. The predicted molar refractivity (Wildman–Crippen MR) is 151 cm³/mol. The zero-order valence-corrected chi connectivity index (χ0v) is 22.7. The summed E-state index contributed by atoms with van der Waals surface area (Å²) in [6, 6.07) is 17.4. The highest BCUT2D eigenvalue weighted by Crippen LogP contribution is 2.38. The number of thiophene rings is 1. The van der Waals surface area contributed by atoms with Crippen LogP contribution < -0.4 is 15.4 Å². The van der Waals surface area contributed by atoms with E-state index in [0.717, 1.165) is 48.1 Å². The molecule has 0 radical (unpaired) electrons. The van der Waals surface area contributed by atoms with Crippen LogP contribution in [-0.4, -0.2) is 39.4 Å². The standard InChI is InChI=1S/C28H29N5O3S2/c1-2-36-21-14-8-6-12-19(21)25-31-28(33-32-25)37-17-23(34)30-27-24(20-13-7-9-15-22(20)38-27)26(35)29-16-18-10-4-3-5-11-18/h3-6,8,10-12,14H,2,7,9,13,15-17H2,1H3,(H,29,35)(H,30,34)(H,31,32,33). The van der Waals surface area contributed by atoms with Gasteiger partial charge in [0.1, 0.15) is 10.8 Å². The zero-order chi connectivity index (χ0) is 26.3. The summed E-state index contributed by atoms with van der Waals surface area (Å²) in [5.41, 5.74) is 3.52. The first-order valence-corrected chi connectivity index (χ1v) is 14.5. The van der Waals surface area contributed by atoms with E-state index >= 15 is 0 Å². The first-order valence-electron chi connectivity index (χ1n) is 12.7. The number of nitrogens with zero attached hydrogens (tertiary/aromatic N) is 2. The highest BCUT2D eigenvalue weighted by Gasteiger charge is 2.26. The lowest BCUT2D eigenvalue weighted by atomic mass is 9.95. The number of thioether (sulfide) groups is 1. The SMILES string of the molecule is CCOc1ccccc1-c1nc(SCC(=O)Nc2sc3c(c2C(=O)NCc2ccccc2)CCCC3)n[nH]1. The van der Waals surface area contributed by atoms with E-state index in [4.69, 9.17) is 4.74 Å². The number of nitrogens with one attached hydrogen (secondary N) is 3. The van der Waals surface area contributed by atoms with Crippen LogP contribution in [0.2, 0.25) is 0 Å². The summed E-state index contributed by atoms with van der Waals surface area (Å²) >= 11 is 2.75. The van der Waals surface area contributed by atoms with Crippen LogP contribution in [0, 0.1) is 0 Å². The van der Waals surface area contributed by atoms with E-state index in [2.05, 4.69) is 25.8 Å². The molecule has 2 aromatic carbocycles. The van der Waals surface area contributed by atoms with Crippen LogP contribution in [-0.2, 0) is 24.2 Å². The number of rotatable bonds is 10. The van der Waals surface area contributed by atoms with Crippen molar-refractivity contribution >= 4 is 39.9 Å². The van der Waals surface area contributed by atoms with Crippen molar-refractivity contribution in [2.24, 2.45) is 0 Å². The van der Waals surface area contributed by atoms with E-state index in [0.29, 0.717) is 34.7 Å². The number of benzene rings is 2. The third-order valence-electron chi connectivity index (χ3n) is 6.19. The number of aromatic amines is 1. The van der Waals surface area contributed by atoms with Crippen LogP contribution >= 0.6 is 23.1 Å². The Hall–Kier alpha value is -3.63. The highest BCUT2D eigenvalue weighted by atomic mass is 32.2. The number of para-hydroxylation sites is 1. The molecule has 0 unspecified atom stereocenters. The van der Waals surface area contributed by atoms with E-state index in [-0.39, 0.29) is 17.6 Å². The number of anilines is 1. The minimum Gasteiger partial charge on any atom is -0.493 e. The Bertz CT molecular complexity index is 1420. The van der Waals surface area contributed by atoms with Crippen molar-refractivity contribution < 1.29 is 14.3 Å². The smallest absolute Gasteiger partial charge is 0.254 e. The van der Waals surface area contributed by atoms with Gasteiger partial charge in [0.25, 0.3) is 5.91 Å². The molecular weight excluding hydrogens is 518 g/mol. The third-order valence-corrected chi connectivity index (χ3v) is 8.24. The molecule has 196 valence electrons. The molecule has 1 aliphatic carbocycles. The molecule has 0 spiro atoms. The normalized spacial score (nSPS) is 12.6. The lowest BCUT2D eigenvalue weighted by Gasteiger charge is -2.13. The van der Waals surface area contributed by atoms with Gasteiger partial charge in [-0.3, -0.25) is 14.7 Å². The van der Waals surface area contributed by atoms with E-state index in [9.17, 15) is 9.59 Å². The maximum Gasteiger partial charge on any atom is 0.254 e. The molecule has 0 aliphatic heterocycles. The molecule has 2 amide bonds. The van der Waals surface area contributed by atoms with E-state index < -0.39 is 0 Å². The highest BCUT2D eigenvalue weighted by molar-refractivity contribution is 7.99. The molecule has 0 atom stereocenters. The van der Waals surface area contributed by atoms with Gasteiger partial charge in [0, 0.05) is 11.4 Å². The van der Waals surface area contributed by atoms with Gasteiger partial charge in [-0.15, -0.1) is 16.4 Å². The second-order valence-corrected chi connectivity index (χ2v) is 10.9. The Kier molecular flexibility index (Phi) is 8.40.